The number of hydrogen-bond donors (Lipinski definition) is 2. The van der Waals surface area contributed by atoms with Crippen molar-refractivity contribution < 1.29 is 23.9 Å². The lowest BCUT2D eigenvalue weighted by Crippen LogP contribution is -2.45. The number of ether oxygens (including phenoxy) is 1. The topological polar surface area (TPSA) is 108 Å². The van der Waals surface area contributed by atoms with Gasteiger partial charge in [-0.05, 0) is 24.6 Å². The number of rotatable bonds is 6. The lowest BCUT2D eigenvalue weighted by atomic mass is 9.92. The van der Waals surface area contributed by atoms with Crippen LogP contribution in [0.1, 0.15) is 12.5 Å². The van der Waals surface area contributed by atoms with E-state index in [-0.39, 0.29) is 12.5 Å². The number of carbonyl (C=O) groups is 4. The normalized spacial score (nSPS) is 19.2. The summed E-state index contributed by atoms with van der Waals surface area (Å²) in [5, 5.41) is 5.01. The Kier molecular flexibility index (Phi) is 5.49. The Hall–Kier alpha value is -3.10. The molecule has 5 amide bonds. The van der Waals surface area contributed by atoms with Crippen LogP contribution < -0.4 is 15.4 Å². The number of carbonyl (C=O) groups excluding carboxylic acids is 4. The van der Waals surface area contributed by atoms with E-state index in [1.54, 1.807) is 45.3 Å². The molecule has 2 rings (SSSR count). The van der Waals surface area contributed by atoms with Gasteiger partial charge in [-0.1, -0.05) is 12.1 Å². The van der Waals surface area contributed by atoms with Crippen LogP contribution in [0.25, 0.3) is 0 Å². The molecule has 1 aromatic rings. The van der Waals surface area contributed by atoms with Gasteiger partial charge in [0.2, 0.25) is 11.8 Å². The van der Waals surface area contributed by atoms with Crippen LogP contribution in [0.4, 0.5) is 4.79 Å². The third-order valence-electron chi connectivity index (χ3n) is 4.16. The molecule has 0 unspecified atom stereocenters. The smallest absolute Gasteiger partial charge is 0.325 e. The molecule has 0 saturated carbocycles. The number of nitrogens with zero attached hydrogens (tertiary/aromatic N) is 2. The van der Waals surface area contributed by atoms with Crippen LogP contribution in [-0.2, 0) is 19.9 Å². The number of amides is 5. The van der Waals surface area contributed by atoms with Gasteiger partial charge in [0.25, 0.3) is 5.91 Å². The number of nitrogens with one attached hydrogen (secondary N) is 2. The summed E-state index contributed by atoms with van der Waals surface area (Å²) in [7, 11) is 4.62. The largest absolute Gasteiger partial charge is 0.497 e. The SMILES string of the molecule is COc1cccc([C@@]2(C)NC(=O)N(CC(=O)NCC(=O)N(C)C)C2=O)c1. The predicted octanol–water partition coefficient (Wildman–Crippen LogP) is -0.333. The quantitative estimate of drug-likeness (QED) is 0.674. The molecule has 0 aromatic heterocycles. The van der Waals surface area contributed by atoms with Crippen molar-refractivity contribution in [3.8, 4) is 5.75 Å². The standard InChI is InChI=1S/C17H22N4O5/c1-17(11-6-5-7-12(8-11)26-4)15(24)21(16(25)19-17)10-13(22)18-9-14(23)20(2)3/h5-8H,9-10H2,1-4H3,(H,18,22)(H,19,25)/t17-/m1/s1. The Morgan fingerprint density at radius 2 is 2.00 bits per heavy atom. The summed E-state index contributed by atoms with van der Waals surface area (Å²) in [5.74, 6) is -0.899. The molecule has 140 valence electrons. The predicted molar refractivity (Wildman–Crippen MR) is 92.3 cm³/mol. The van der Waals surface area contributed by atoms with Crippen molar-refractivity contribution in [2.24, 2.45) is 0 Å². The molecule has 1 fully saturated rings. The van der Waals surface area contributed by atoms with Crippen LogP contribution in [-0.4, -0.2) is 67.8 Å². The number of methoxy groups -OCH3 is 1. The summed E-state index contributed by atoms with van der Waals surface area (Å²) in [5.41, 5.74) is -0.758. The zero-order valence-electron chi connectivity index (χ0n) is 15.2. The monoisotopic (exact) mass is 362 g/mol. The molecule has 1 heterocycles. The summed E-state index contributed by atoms with van der Waals surface area (Å²) < 4.78 is 5.15. The fourth-order valence-corrected chi connectivity index (χ4v) is 2.50. The van der Waals surface area contributed by atoms with Crippen LogP contribution in [0.3, 0.4) is 0 Å². The Bertz CT molecular complexity index is 748. The van der Waals surface area contributed by atoms with Crippen LogP contribution >= 0.6 is 0 Å². The Balaban J connectivity index is 2.10. The van der Waals surface area contributed by atoms with Gasteiger partial charge < -0.3 is 20.3 Å². The maximum atomic E-state index is 12.8. The summed E-state index contributed by atoms with van der Waals surface area (Å²) in [4.78, 5) is 50.6. The van der Waals surface area contributed by atoms with Gasteiger partial charge in [0.1, 0.15) is 17.8 Å². The fraction of sp³-hybridized carbons (Fsp3) is 0.412. The first-order chi connectivity index (χ1) is 12.2. The van der Waals surface area contributed by atoms with Crippen molar-refractivity contribution >= 4 is 23.8 Å². The molecule has 0 spiro atoms. The molecule has 9 heteroatoms. The fourth-order valence-electron chi connectivity index (χ4n) is 2.50. The highest BCUT2D eigenvalue weighted by Crippen LogP contribution is 2.30. The molecule has 1 aromatic carbocycles. The Morgan fingerprint density at radius 3 is 2.62 bits per heavy atom. The van der Waals surface area contributed by atoms with Crippen molar-refractivity contribution in [2.75, 3.05) is 34.3 Å². The molecule has 1 aliphatic heterocycles. The number of imide groups is 1. The van der Waals surface area contributed by atoms with Crippen LogP contribution in [0, 0.1) is 0 Å². The third-order valence-corrected chi connectivity index (χ3v) is 4.16. The van der Waals surface area contributed by atoms with E-state index in [9.17, 15) is 19.2 Å². The average molecular weight is 362 g/mol. The lowest BCUT2D eigenvalue weighted by molar-refractivity contribution is -0.135. The van der Waals surface area contributed by atoms with E-state index in [1.807, 2.05) is 0 Å². The number of urea groups is 1. The highest BCUT2D eigenvalue weighted by Gasteiger charge is 2.49. The molecule has 1 atom stereocenters. The van der Waals surface area contributed by atoms with E-state index in [1.165, 1.54) is 12.0 Å². The van der Waals surface area contributed by atoms with Crippen LogP contribution in [0.15, 0.2) is 24.3 Å². The first kappa shape index (κ1) is 19.2. The summed E-state index contributed by atoms with van der Waals surface area (Å²) in [6, 6.07) is 6.11. The zero-order chi connectivity index (χ0) is 19.5. The van der Waals surface area contributed by atoms with Crippen LogP contribution in [0.5, 0.6) is 5.75 Å². The van der Waals surface area contributed by atoms with Crippen molar-refractivity contribution in [3.05, 3.63) is 29.8 Å². The second-order valence-corrected chi connectivity index (χ2v) is 6.24. The number of hydrogen-bond acceptors (Lipinski definition) is 5. The minimum absolute atomic E-state index is 0.206. The lowest BCUT2D eigenvalue weighted by Gasteiger charge is -2.22. The van der Waals surface area contributed by atoms with E-state index >= 15 is 0 Å². The molecule has 26 heavy (non-hydrogen) atoms. The van der Waals surface area contributed by atoms with Gasteiger partial charge in [-0.25, -0.2) is 4.79 Å². The minimum Gasteiger partial charge on any atom is -0.497 e. The van der Waals surface area contributed by atoms with E-state index in [0.717, 1.165) is 4.90 Å². The van der Waals surface area contributed by atoms with Crippen LogP contribution in [0.2, 0.25) is 0 Å². The molecule has 1 saturated heterocycles. The summed E-state index contributed by atoms with van der Waals surface area (Å²) in [6.45, 7) is 0.892. The highest BCUT2D eigenvalue weighted by atomic mass is 16.5. The molecular weight excluding hydrogens is 340 g/mol. The highest BCUT2D eigenvalue weighted by molar-refractivity contribution is 6.09. The molecule has 1 aliphatic rings. The van der Waals surface area contributed by atoms with Gasteiger partial charge in [0.15, 0.2) is 0 Å². The third kappa shape index (κ3) is 3.76. The van der Waals surface area contributed by atoms with E-state index < -0.39 is 29.9 Å². The minimum atomic E-state index is -1.30. The van der Waals surface area contributed by atoms with Crippen molar-refractivity contribution in [1.29, 1.82) is 0 Å². The van der Waals surface area contributed by atoms with Gasteiger partial charge >= 0.3 is 6.03 Å². The molecular formula is C17H22N4O5. The van der Waals surface area contributed by atoms with Crippen molar-refractivity contribution in [3.63, 3.8) is 0 Å². The first-order valence-electron chi connectivity index (χ1n) is 7.94. The van der Waals surface area contributed by atoms with Gasteiger partial charge in [-0.2, -0.15) is 0 Å². The molecule has 2 N–H and O–H groups in total. The summed E-state index contributed by atoms with van der Waals surface area (Å²) >= 11 is 0. The molecule has 9 nitrogen and oxygen atoms in total. The first-order valence-corrected chi connectivity index (χ1v) is 7.94. The molecule has 0 radical (unpaired) electrons. The Labute approximate surface area is 151 Å². The zero-order valence-corrected chi connectivity index (χ0v) is 15.2. The van der Waals surface area contributed by atoms with Gasteiger partial charge in [0, 0.05) is 14.1 Å². The molecule has 0 bridgehead atoms. The van der Waals surface area contributed by atoms with E-state index in [4.69, 9.17) is 4.74 Å². The maximum absolute atomic E-state index is 12.8. The second kappa shape index (κ2) is 7.42. The Morgan fingerprint density at radius 1 is 1.31 bits per heavy atom. The van der Waals surface area contributed by atoms with E-state index in [0.29, 0.717) is 11.3 Å². The van der Waals surface area contributed by atoms with Gasteiger partial charge in [-0.3, -0.25) is 19.3 Å². The van der Waals surface area contributed by atoms with Crippen molar-refractivity contribution in [2.45, 2.75) is 12.5 Å². The maximum Gasteiger partial charge on any atom is 0.325 e. The van der Waals surface area contributed by atoms with Gasteiger partial charge in [0.05, 0.1) is 13.7 Å². The number of benzene rings is 1. The average Bonchev–Trinajstić information content (AvgIpc) is 2.83. The number of likely N-dealkylation sites (N-methyl/N-ethyl adjacent to an activating group) is 1. The van der Waals surface area contributed by atoms with Gasteiger partial charge in [-0.15, -0.1) is 0 Å². The summed E-state index contributed by atoms with van der Waals surface area (Å²) in [6.07, 6.45) is 0. The second-order valence-electron chi connectivity index (χ2n) is 6.24. The molecule has 0 aliphatic carbocycles. The van der Waals surface area contributed by atoms with E-state index in [2.05, 4.69) is 10.6 Å². The van der Waals surface area contributed by atoms with Crippen molar-refractivity contribution in [1.82, 2.24) is 20.4 Å².